The molecule has 0 heterocycles. The standard InChI is InChI=1S/C81H155N13O11/c1-5-9-13-17-21-25-29-33-37-43-63-102-67-47-59-84-91-76(96)56-53-73(80(100)93-86-61-49-69-104-65-45-39-35-31-27-23-19-15-11-7-3)88-75(95)55-52-72(89-78(98)71(83)51-41-42-58-82)79(99)90-74(81(101)94-87-62-50-70-105-66-46-40-36-32-28-24-20-16-12-8-4)54-57-77(97)92-85-60-48-68-103-64-44-38-34-30-26-22-18-14-10-6-2/h59-62,71-74H,5-58,63-70,82-83H2,1-4H3,(H,88,95)(H,89,98)(H,90,99)(H,91,96)(H,92,97)(H,93,100)(H,94,101)/b84-59+,85-60+,86-61+,87-62+/t71-,72-,73-,74-/m0/s1. The van der Waals surface area contributed by atoms with E-state index < -0.39 is 71.9 Å². The Morgan fingerprint density at radius 2 is 0.543 bits per heavy atom. The van der Waals surface area contributed by atoms with Gasteiger partial charge in [0.1, 0.15) is 18.1 Å². The van der Waals surface area contributed by atoms with Crippen molar-refractivity contribution < 1.29 is 52.5 Å². The molecule has 0 saturated carbocycles. The normalized spacial score (nSPS) is 12.9. The maximum absolute atomic E-state index is 14.4. The summed E-state index contributed by atoms with van der Waals surface area (Å²) in [5.41, 5.74) is 22.0. The van der Waals surface area contributed by atoms with E-state index >= 15 is 0 Å². The summed E-state index contributed by atoms with van der Waals surface area (Å²) in [5, 5.41) is 24.4. The molecule has 0 aliphatic rings. The second-order valence-corrected chi connectivity index (χ2v) is 28.4. The van der Waals surface area contributed by atoms with Crippen molar-refractivity contribution in [2.24, 2.45) is 31.9 Å². The number of hydrazone groups is 4. The van der Waals surface area contributed by atoms with E-state index in [0.29, 0.717) is 97.9 Å². The van der Waals surface area contributed by atoms with Crippen LogP contribution < -0.4 is 49.1 Å². The molecule has 0 fully saturated rings. The SMILES string of the molecule is CCCCCCCCCCCCOCC/C=N/NC(=O)CC[C@H](NC(=O)CC[C@H](NC(=O)[C@@H](N)CCCCN)C(=O)N[C@@H](CCC(=O)N/N=C/CCOCCCCCCCCCCCC)C(=O)N/N=C/CCOCCCCCCCCCCCC)C(=O)N/N=C/CCOCCCCCCCCCCCC. The first-order valence-corrected chi connectivity index (χ1v) is 42.3. The fourth-order valence-electron chi connectivity index (χ4n) is 11.8. The monoisotopic (exact) mass is 1490 g/mol. The molecule has 0 saturated heterocycles. The van der Waals surface area contributed by atoms with Gasteiger partial charge in [-0.05, 0) is 64.3 Å². The van der Waals surface area contributed by atoms with Crippen LogP contribution in [0.5, 0.6) is 0 Å². The summed E-state index contributed by atoms with van der Waals surface area (Å²) in [6.07, 6.45) is 57.1. The zero-order valence-electron chi connectivity index (χ0n) is 66.9. The molecule has 7 amide bonds. The van der Waals surface area contributed by atoms with Gasteiger partial charge in [-0.2, -0.15) is 20.4 Å². The topological polar surface area (TPSA) is 342 Å². The number of nitrogens with zero attached hydrogens (tertiary/aromatic N) is 4. The van der Waals surface area contributed by atoms with Crippen LogP contribution in [0.25, 0.3) is 0 Å². The number of rotatable bonds is 80. The lowest BCUT2D eigenvalue weighted by atomic mass is 10.0. The second-order valence-electron chi connectivity index (χ2n) is 28.4. The Kier molecular flexibility index (Phi) is 75.8. The van der Waals surface area contributed by atoms with Crippen molar-refractivity contribution in [1.82, 2.24) is 37.7 Å². The molecule has 0 aromatic carbocycles. The third-order valence-electron chi connectivity index (χ3n) is 18.4. The van der Waals surface area contributed by atoms with E-state index in [9.17, 15) is 33.6 Å². The summed E-state index contributed by atoms with van der Waals surface area (Å²) in [4.78, 5) is 96.0. The maximum atomic E-state index is 14.4. The molecule has 0 rings (SSSR count). The minimum absolute atomic E-state index is 0.144. The Labute approximate surface area is 637 Å². The number of hydrogen-bond acceptors (Lipinski definition) is 17. The summed E-state index contributed by atoms with van der Waals surface area (Å²) in [7, 11) is 0. The van der Waals surface area contributed by atoms with E-state index in [1.165, 1.54) is 218 Å². The molecule has 610 valence electrons. The van der Waals surface area contributed by atoms with Crippen LogP contribution in [0.1, 0.15) is 368 Å². The van der Waals surface area contributed by atoms with E-state index in [2.05, 4.69) is 85.8 Å². The Hall–Kier alpha value is -5.27. The number of carbonyl (C=O) groups excluding carboxylic acids is 7. The summed E-state index contributed by atoms with van der Waals surface area (Å²) >= 11 is 0. The molecule has 0 aromatic heterocycles. The molecule has 105 heavy (non-hydrogen) atoms. The molecule has 24 heteroatoms. The summed E-state index contributed by atoms with van der Waals surface area (Å²) in [6, 6.07) is -5.09. The Morgan fingerprint density at radius 3 is 0.848 bits per heavy atom. The molecule has 24 nitrogen and oxygen atoms in total. The lowest BCUT2D eigenvalue weighted by Crippen LogP contribution is -2.56. The van der Waals surface area contributed by atoms with E-state index in [-0.39, 0.29) is 38.5 Å². The minimum atomic E-state index is -1.43. The smallest absolute Gasteiger partial charge is 0.262 e. The first-order valence-electron chi connectivity index (χ1n) is 42.3. The van der Waals surface area contributed by atoms with Crippen molar-refractivity contribution in [2.75, 3.05) is 59.4 Å². The first kappa shape index (κ1) is 99.7. The van der Waals surface area contributed by atoms with Gasteiger partial charge in [-0.1, -0.05) is 265 Å². The molecular formula is C81H155N13O11. The number of nitrogens with one attached hydrogen (secondary N) is 7. The summed E-state index contributed by atoms with van der Waals surface area (Å²) < 4.78 is 23.2. The third kappa shape index (κ3) is 70.2. The molecule has 4 atom stereocenters. The van der Waals surface area contributed by atoms with Crippen molar-refractivity contribution in [3.8, 4) is 0 Å². The Balaban J connectivity index is 6.14. The predicted octanol–water partition coefficient (Wildman–Crippen LogP) is 15.0. The zero-order valence-corrected chi connectivity index (χ0v) is 66.9. The number of carbonyl (C=O) groups is 7. The van der Waals surface area contributed by atoms with Crippen LogP contribution in [-0.4, -0.2) is 150 Å². The van der Waals surface area contributed by atoms with Gasteiger partial charge in [0.2, 0.25) is 29.5 Å². The fraction of sp³-hybridized carbons (Fsp3) is 0.864. The van der Waals surface area contributed by atoms with E-state index in [1.54, 1.807) is 12.4 Å². The number of ether oxygens (including phenoxy) is 4. The lowest BCUT2D eigenvalue weighted by Gasteiger charge is -2.24. The first-order chi connectivity index (χ1) is 51.4. The molecule has 0 aliphatic heterocycles. The number of nitrogens with two attached hydrogens (primary N) is 2. The molecule has 0 aromatic rings. The van der Waals surface area contributed by atoms with Crippen LogP contribution in [-0.2, 0) is 52.5 Å². The zero-order chi connectivity index (χ0) is 76.6. The van der Waals surface area contributed by atoms with Crippen LogP contribution in [0.3, 0.4) is 0 Å². The highest BCUT2D eigenvalue weighted by Crippen LogP contribution is 2.16. The molecule has 0 radical (unpaired) electrons. The van der Waals surface area contributed by atoms with Crippen LogP contribution in [0.2, 0.25) is 0 Å². The van der Waals surface area contributed by atoms with Crippen LogP contribution in [0, 0.1) is 0 Å². The van der Waals surface area contributed by atoms with Gasteiger partial charge in [0, 0.05) is 96.2 Å². The molecular weight excluding hydrogens is 1330 g/mol. The van der Waals surface area contributed by atoms with Gasteiger partial charge in [-0.25, -0.2) is 21.7 Å². The quantitative estimate of drug-likeness (QED) is 0.0156. The van der Waals surface area contributed by atoms with Crippen LogP contribution in [0.15, 0.2) is 20.4 Å². The minimum Gasteiger partial charge on any atom is -0.381 e. The van der Waals surface area contributed by atoms with Crippen LogP contribution in [0.4, 0.5) is 0 Å². The van der Waals surface area contributed by atoms with Gasteiger partial charge >= 0.3 is 0 Å². The van der Waals surface area contributed by atoms with E-state index in [1.807, 2.05) is 0 Å². The van der Waals surface area contributed by atoms with Gasteiger partial charge < -0.3 is 46.4 Å². The molecule has 0 aliphatic carbocycles. The van der Waals surface area contributed by atoms with Crippen LogP contribution >= 0.6 is 0 Å². The second kappa shape index (κ2) is 79.8. The summed E-state index contributed by atoms with van der Waals surface area (Å²) in [5.74, 6) is -4.67. The van der Waals surface area contributed by atoms with Gasteiger partial charge in [0.05, 0.1) is 32.5 Å². The highest BCUT2D eigenvalue weighted by atomic mass is 16.5. The molecule has 11 N–H and O–H groups in total. The Bertz CT molecular complexity index is 2180. The van der Waals surface area contributed by atoms with Crippen molar-refractivity contribution in [3.05, 3.63) is 0 Å². The lowest BCUT2D eigenvalue weighted by molar-refractivity contribution is -0.133. The maximum Gasteiger partial charge on any atom is 0.262 e. The van der Waals surface area contributed by atoms with E-state index in [0.717, 1.165) is 51.4 Å². The number of amides is 7. The molecule has 0 bridgehead atoms. The Morgan fingerprint density at radius 1 is 0.286 bits per heavy atom. The predicted molar refractivity (Wildman–Crippen MR) is 430 cm³/mol. The fourth-order valence-corrected chi connectivity index (χ4v) is 11.8. The number of unbranched alkanes of at least 4 members (excludes halogenated alkanes) is 37. The highest BCUT2D eigenvalue weighted by molar-refractivity contribution is 5.94. The van der Waals surface area contributed by atoms with Crippen molar-refractivity contribution in [1.29, 1.82) is 0 Å². The van der Waals surface area contributed by atoms with Crippen molar-refractivity contribution >= 4 is 66.2 Å². The summed E-state index contributed by atoms with van der Waals surface area (Å²) in [6.45, 7) is 13.6. The highest BCUT2D eigenvalue weighted by Gasteiger charge is 2.30. The van der Waals surface area contributed by atoms with Gasteiger partial charge in [0.15, 0.2) is 0 Å². The van der Waals surface area contributed by atoms with Crippen molar-refractivity contribution in [2.45, 2.75) is 392 Å². The van der Waals surface area contributed by atoms with Crippen molar-refractivity contribution in [3.63, 3.8) is 0 Å². The largest absolute Gasteiger partial charge is 0.381 e. The molecule has 0 unspecified atom stereocenters. The van der Waals surface area contributed by atoms with Gasteiger partial charge in [-0.3, -0.25) is 33.6 Å². The third-order valence-corrected chi connectivity index (χ3v) is 18.4. The number of hydrogen-bond donors (Lipinski definition) is 9. The molecule has 0 spiro atoms. The average molecular weight is 1490 g/mol. The van der Waals surface area contributed by atoms with Gasteiger partial charge in [-0.15, -0.1) is 0 Å². The average Bonchev–Trinajstić information content (AvgIpc) is 0.878. The van der Waals surface area contributed by atoms with E-state index in [4.69, 9.17) is 30.4 Å². The van der Waals surface area contributed by atoms with Gasteiger partial charge in [0.25, 0.3) is 11.8 Å².